The highest BCUT2D eigenvalue weighted by Crippen LogP contribution is 2.47. The molecule has 0 spiro atoms. The van der Waals surface area contributed by atoms with Gasteiger partial charge in [-0.25, -0.2) is 0 Å². The van der Waals surface area contributed by atoms with Crippen molar-refractivity contribution >= 4 is 0 Å². The Morgan fingerprint density at radius 2 is 1.57 bits per heavy atom. The molecule has 188 valence electrons. The molecule has 0 amide bonds. The minimum atomic E-state index is -1.60. The summed E-state index contributed by atoms with van der Waals surface area (Å²) in [6, 6.07) is 19.8. The van der Waals surface area contributed by atoms with Crippen LogP contribution in [0.2, 0.25) is 0 Å². The van der Waals surface area contributed by atoms with Crippen molar-refractivity contribution in [2.45, 2.75) is 70.6 Å². The molecule has 4 atom stereocenters. The van der Waals surface area contributed by atoms with Gasteiger partial charge < -0.3 is 24.1 Å². The normalized spacial score (nSPS) is 26.1. The summed E-state index contributed by atoms with van der Waals surface area (Å²) in [4.78, 5) is 0. The summed E-state index contributed by atoms with van der Waals surface area (Å²) < 4.78 is 24.1. The maximum Gasteiger partial charge on any atom is 0.184 e. The maximum atomic E-state index is 12.2. The van der Waals surface area contributed by atoms with Gasteiger partial charge in [-0.3, -0.25) is 0 Å². The molecule has 0 aromatic heterocycles. The lowest BCUT2D eigenvalue weighted by Gasteiger charge is -2.53. The Kier molecular flexibility index (Phi) is 10.1. The van der Waals surface area contributed by atoms with Crippen LogP contribution in [0.3, 0.4) is 0 Å². The Labute approximate surface area is 210 Å². The fraction of sp³-hybridized carbons (Fsp3) is 0.467. The molecule has 1 aliphatic rings. The van der Waals surface area contributed by atoms with E-state index in [1.807, 2.05) is 74.5 Å². The van der Waals surface area contributed by atoms with Crippen LogP contribution in [0.4, 0.5) is 0 Å². The van der Waals surface area contributed by atoms with Gasteiger partial charge in [-0.05, 0) is 42.4 Å². The van der Waals surface area contributed by atoms with E-state index < -0.39 is 17.3 Å². The zero-order valence-electron chi connectivity index (χ0n) is 21.2. The quantitative estimate of drug-likeness (QED) is 0.196. The van der Waals surface area contributed by atoms with Crippen LogP contribution in [0.5, 0.6) is 0 Å². The Morgan fingerprint density at radius 1 is 1.00 bits per heavy atom. The van der Waals surface area contributed by atoms with Crippen molar-refractivity contribution in [3.05, 3.63) is 83.9 Å². The lowest BCUT2D eigenvalue weighted by molar-refractivity contribution is -0.264. The van der Waals surface area contributed by atoms with Crippen molar-refractivity contribution in [2.75, 3.05) is 13.6 Å². The third-order valence-corrected chi connectivity index (χ3v) is 6.58. The van der Waals surface area contributed by atoms with Gasteiger partial charge in [0.15, 0.2) is 5.60 Å². The van der Waals surface area contributed by atoms with Crippen LogP contribution in [0.15, 0.2) is 72.8 Å². The third kappa shape index (κ3) is 6.61. The summed E-state index contributed by atoms with van der Waals surface area (Å²) in [7, 11) is 0. The summed E-state index contributed by atoms with van der Waals surface area (Å²) in [6.07, 6.45) is 1.34. The van der Waals surface area contributed by atoms with E-state index in [4.69, 9.17) is 18.9 Å². The van der Waals surface area contributed by atoms with Crippen LogP contribution in [0.25, 0.3) is 0 Å². The molecule has 2 aromatic rings. The molecule has 0 heterocycles. The van der Waals surface area contributed by atoms with Gasteiger partial charge in [-0.2, -0.15) is 0 Å². The summed E-state index contributed by atoms with van der Waals surface area (Å²) >= 11 is 0. The average molecular weight is 479 g/mol. The van der Waals surface area contributed by atoms with Crippen LogP contribution in [-0.4, -0.2) is 36.0 Å². The van der Waals surface area contributed by atoms with Crippen molar-refractivity contribution in [3.8, 4) is 11.8 Å². The molecule has 1 fully saturated rings. The van der Waals surface area contributed by atoms with Gasteiger partial charge in [0.05, 0.1) is 13.2 Å². The van der Waals surface area contributed by atoms with Crippen molar-refractivity contribution in [2.24, 2.45) is 5.92 Å². The molecule has 5 nitrogen and oxygen atoms in total. The van der Waals surface area contributed by atoms with E-state index in [1.54, 1.807) is 0 Å². The van der Waals surface area contributed by atoms with E-state index >= 15 is 0 Å². The molecule has 5 heteroatoms. The molecule has 1 saturated carbocycles. The first-order valence-corrected chi connectivity index (χ1v) is 12.3. The zero-order valence-corrected chi connectivity index (χ0v) is 21.2. The number of benzene rings is 2. The number of rotatable bonds is 11. The maximum absolute atomic E-state index is 12.2. The fourth-order valence-corrected chi connectivity index (χ4v) is 4.67. The largest absolute Gasteiger partial charge is 0.372 e. The van der Waals surface area contributed by atoms with Crippen LogP contribution in [-0.2, 0) is 32.2 Å². The first-order valence-electron chi connectivity index (χ1n) is 12.3. The van der Waals surface area contributed by atoms with Gasteiger partial charge in [0.25, 0.3) is 0 Å². The predicted octanol–water partition coefficient (Wildman–Crippen LogP) is 5.63. The monoisotopic (exact) mass is 478 g/mol. The zero-order chi connectivity index (χ0) is 25.2. The van der Waals surface area contributed by atoms with Gasteiger partial charge in [-0.15, -0.1) is 5.92 Å². The van der Waals surface area contributed by atoms with Gasteiger partial charge in [0, 0.05) is 6.42 Å². The molecule has 0 bridgehead atoms. The lowest BCUT2D eigenvalue weighted by Crippen LogP contribution is -2.67. The van der Waals surface area contributed by atoms with Crippen molar-refractivity contribution in [1.82, 2.24) is 0 Å². The molecule has 0 aliphatic heterocycles. The second-order valence-corrected chi connectivity index (χ2v) is 9.18. The van der Waals surface area contributed by atoms with Crippen molar-refractivity contribution < 1.29 is 24.1 Å². The molecule has 3 rings (SSSR count). The van der Waals surface area contributed by atoms with Gasteiger partial charge >= 0.3 is 0 Å². The minimum Gasteiger partial charge on any atom is -0.372 e. The molecule has 35 heavy (non-hydrogen) atoms. The number of aliphatic hydroxyl groups is 1. The Balaban J connectivity index is 1.74. The molecule has 4 unspecified atom stereocenters. The molecular formula is C30H38O5. The number of hydrogen-bond acceptors (Lipinski definition) is 5. The minimum absolute atomic E-state index is 0.00345. The first kappa shape index (κ1) is 27.1. The highest BCUT2D eigenvalue weighted by atomic mass is 16.7. The summed E-state index contributed by atoms with van der Waals surface area (Å²) in [5.41, 5.74) is 0.0836. The highest BCUT2D eigenvalue weighted by molar-refractivity contribution is 5.35. The van der Waals surface area contributed by atoms with Crippen molar-refractivity contribution in [3.63, 3.8) is 0 Å². The summed E-state index contributed by atoms with van der Waals surface area (Å²) in [5, 5.41) is 12.2. The first-order chi connectivity index (χ1) is 16.9. The third-order valence-electron chi connectivity index (χ3n) is 6.58. The van der Waals surface area contributed by atoms with E-state index in [-0.39, 0.29) is 19.5 Å². The Morgan fingerprint density at radius 3 is 2.11 bits per heavy atom. The van der Waals surface area contributed by atoms with Gasteiger partial charge in [-0.1, -0.05) is 87.0 Å². The summed E-state index contributed by atoms with van der Waals surface area (Å²) in [6.45, 7) is 11.0. The smallest absolute Gasteiger partial charge is 0.184 e. The molecule has 1 N–H and O–H groups in total. The predicted molar refractivity (Wildman–Crippen MR) is 137 cm³/mol. The Bertz CT molecular complexity index is 980. The molecule has 1 aliphatic carbocycles. The van der Waals surface area contributed by atoms with Crippen LogP contribution < -0.4 is 0 Å². The molecule has 0 radical (unpaired) electrons. The second kappa shape index (κ2) is 13.0. The standard InChI is InChI=1S/C30H38O5/c1-5-6-18-29(31)28(34-22-32-20-26-13-9-7-10-14-26)25(4)17-19-30(29,24(2)3)35-23-33-21-27-15-11-8-12-16-27/h7-16,25,28,31H,2,5,17,19-23H2,1,3-4H3. The Hall–Kier alpha value is -2.46. The van der Waals surface area contributed by atoms with E-state index in [2.05, 4.69) is 25.3 Å². The SMILES string of the molecule is C=C(C)C1(OCOCc2ccccc2)CCC(C)C(OCOCc2ccccc2)C1(O)C#CCC. The van der Waals surface area contributed by atoms with Crippen LogP contribution >= 0.6 is 0 Å². The number of ether oxygens (including phenoxy) is 4. The average Bonchev–Trinajstić information content (AvgIpc) is 2.87. The van der Waals surface area contributed by atoms with E-state index in [9.17, 15) is 5.11 Å². The molecule has 0 saturated heterocycles. The second-order valence-electron chi connectivity index (χ2n) is 9.18. The molecule has 2 aromatic carbocycles. The summed E-state index contributed by atoms with van der Waals surface area (Å²) in [5.74, 6) is 6.22. The van der Waals surface area contributed by atoms with E-state index in [0.29, 0.717) is 31.6 Å². The topological polar surface area (TPSA) is 57.2 Å². The fourth-order valence-electron chi connectivity index (χ4n) is 4.67. The van der Waals surface area contributed by atoms with Crippen LogP contribution in [0, 0.1) is 17.8 Å². The van der Waals surface area contributed by atoms with Gasteiger partial charge in [0.2, 0.25) is 0 Å². The highest BCUT2D eigenvalue weighted by Gasteiger charge is 2.61. The van der Waals surface area contributed by atoms with Crippen LogP contribution in [0.1, 0.15) is 51.2 Å². The van der Waals surface area contributed by atoms with E-state index in [0.717, 1.165) is 17.5 Å². The van der Waals surface area contributed by atoms with E-state index in [1.165, 1.54) is 0 Å². The van der Waals surface area contributed by atoms with Crippen molar-refractivity contribution in [1.29, 1.82) is 0 Å². The molecular weight excluding hydrogens is 440 g/mol. The number of hydrogen-bond donors (Lipinski definition) is 1. The van der Waals surface area contributed by atoms with Gasteiger partial charge in [0.1, 0.15) is 25.3 Å². The lowest BCUT2D eigenvalue weighted by atomic mass is 9.63.